The van der Waals surface area contributed by atoms with E-state index < -0.39 is 5.82 Å². The smallest absolute Gasteiger partial charge is 0.231 e. The summed E-state index contributed by atoms with van der Waals surface area (Å²) >= 11 is 0. The van der Waals surface area contributed by atoms with E-state index in [0.717, 1.165) is 5.56 Å². The predicted octanol–water partition coefficient (Wildman–Crippen LogP) is 2.61. The van der Waals surface area contributed by atoms with Crippen molar-refractivity contribution in [2.75, 3.05) is 17.7 Å². The zero-order valence-corrected chi connectivity index (χ0v) is 10.6. The monoisotopic (exact) mass is 258 g/mol. The van der Waals surface area contributed by atoms with Crippen LogP contribution in [0.1, 0.15) is 5.56 Å². The first-order chi connectivity index (χ1) is 9.09. The standard InChI is InChI=1S/C15H15FN2O/c1-18(14-9-5-3-7-12(14)16)15(19)10-11-6-2-4-8-13(11)17/h2-9H,10,17H2,1H3. The van der Waals surface area contributed by atoms with Crippen LogP contribution in [0, 0.1) is 5.82 Å². The number of nitrogen functional groups attached to an aromatic ring is 1. The largest absolute Gasteiger partial charge is 0.398 e. The fourth-order valence-corrected chi connectivity index (χ4v) is 1.83. The minimum Gasteiger partial charge on any atom is -0.398 e. The number of rotatable bonds is 3. The Bertz CT molecular complexity index is 598. The van der Waals surface area contributed by atoms with E-state index >= 15 is 0 Å². The minimum absolute atomic E-state index is 0.150. The van der Waals surface area contributed by atoms with E-state index in [1.54, 1.807) is 37.4 Å². The number of likely N-dealkylation sites (N-methyl/N-ethyl adjacent to an activating group) is 1. The SMILES string of the molecule is CN(C(=O)Cc1ccccc1N)c1ccccc1F. The van der Waals surface area contributed by atoms with Crippen molar-refractivity contribution in [3.8, 4) is 0 Å². The summed E-state index contributed by atoms with van der Waals surface area (Å²) in [5.74, 6) is -0.623. The molecule has 3 nitrogen and oxygen atoms in total. The van der Waals surface area contributed by atoms with E-state index in [9.17, 15) is 9.18 Å². The third-order valence-corrected chi connectivity index (χ3v) is 2.98. The van der Waals surface area contributed by atoms with Crippen LogP contribution >= 0.6 is 0 Å². The Morgan fingerprint density at radius 1 is 1.16 bits per heavy atom. The highest BCUT2D eigenvalue weighted by atomic mass is 19.1. The van der Waals surface area contributed by atoms with Crippen LogP contribution in [0.5, 0.6) is 0 Å². The summed E-state index contributed by atoms with van der Waals surface area (Å²) in [7, 11) is 1.56. The zero-order chi connectivity index (χ0) is 13.8. The molecule has 2 N–H and O–H groups in total. The van der Waals surface area contributed by atoms with Crippen LogP contribution < -0.4 is 10.6 Å². The second kappa shape index (κ2) is 5.52. The topological polar surface area (TPSA) is 46.3 Å². The Labute approximate surface area is 111 Å². The number of para-hydroxylation sites is 2. The van der Waals surface area contributed by atoms with Gasteiger partial charge in [-0.25, -0.2) is 4.39 Å². The first-order valence-electron chi connectivity index (χ1n) is 5.94. The molecule has 0 aliphatic heterocycles. The number of nitrogens with zero attached hydrogens (tertiary/aromatic N) is 1. The Morgan fingerprint density at radius 2 is 1.79 bits per heavy atom. The molecule has 0 aliphatic rings. The van der Waals surface area contributed by atoms with Crippen LogP contribution in [-0.2, 0) is 11.2 Å². The lowest BCUT2D eigenvalue weighted by atomic mass is 10.1. The number of benzene rings is 2. The zero-order valence-electron chi connectivity index (χ0n) is 10.6. The normalized spacial score (nSPS) is 10.2. The van der Waals surface area contributed by atoms with Crippen molar-refractivity contribution in [2.24, 2.45) is 0 Å². The second-order valence-corrected chi connectivity index (χ2v) is 4.28. The van der Waals surface area contributed by atoms with Gasteiger partial charge >= 0.3 is 0 Å². The Morgan fingerprint density at radius 3 is 2.47 bits per heavy atom. The van der Waals surface area contributed by atoms with Crippen molar-refractivity contribution in [3.63, 3.8) is 0 Å². The van der Waals surface area contributed by atoms with Crippen LogP contribution in [0.15, 0.2) is 48.5 Å². The lowest BCUT2D eigenvalue weighted by Gasteiger charge is -2.18. The van der Waals surface area contributed by atoms with Gasteiger partial charge in [0, 0.05) is 12.7 Å². The van der Waals surface area contributed by atoms with Gasteiger partial charge in [0.25, 0.3) is 0 Å². The summed E-state index contributed by atoms with van der Waals surface area (Å²) in [4.78, 5) is 13.4. The number of hydrogen-bond acceptors (Lipinski definition) is 2. The molecule has 19 heavy (non-hydrogen) atoms. The fourth-order valence-electron chi connectivity index (χ4n) is 1.83. The third kappa shape index (κ3) is 2.91. The molecule has 4 heteroatoms. The summed E-state index contributed by atoms with van der Waals surface area (Å²) in [6.07, 6.45) is 0.150. The van der Waals surface area contributed by atoms with Gasteiger partial charge in [-0.2, -0.15) is 0 Å². The molecule has 1 amide bonds. The fraction of sp³-hybridized carbons (Fsp3) is 0.133. The van der Waals surface area contributed by atoms with Gasteiger partial charge in [0.05, 0.1) is 12.1 Å². The third-order valence-electron chi connectivity index (χ3n) is 2.98. The number of carbonyl (C=O) groups excluding carboxylic acids is 1. The lowest BCUT2D eigenvalue weighted by molar-refractivity contribution is -0.117. The van der Waals surface area contributed by atoms with Gasteiger partial charge in [0.15, 0.2) is 0 Å². The minimum atomic E-state index is -0.417. The highest BCUT2D eigenvalue weighted by Gasteiger charge is 2.15. The average molecular weight is 258 g/mol. The van der Waals surface area contributed by atoms with Crippen LogP contribution in [0.4, 0.5) is 15.8 Å². The van der Waals surface area contributed by atoms with Crippen LogP contribution in [0.3, 0.4) is 0 Å². The van der Waals surface area contributed by atoms with Gasteiger partial charge in [0.2, 0.25) is 5.91 Å². The van der Waals surface area contributed by atoms with Crippen molar-refractivity contribution in [3.05, 3.63) is 59.9 Å². The quantitative estimate of drug-likeness (QED) is 0.860. The van der Waals surface area contributed by atoms with E-state index in [0.29, 0.717) is 5.69 Å². The van der Waals surface area contributed by atoms with Crippen molar-refractivity contribution in [1.29, 1.82) is 0 Å². The number of halogens is 1. The molecule has 0 fully saturated rings. The molecule has 0 aromatic heterocycles. The molecular formula is C15H15FN2O. The summed E-state index contributed by atoms with van der Waals surface area (Å²) in [6.45, 7) is 0. The number of anilines is 2. The van der Waals surface area contributed by atoms with E-state index in [1.165, 1.54) is 11.0 Å². The first-order valence-corrected chi connectivity index (χ1v) is 5.94. The van der Waals surface area contributed by atoms with Gasteiger partial charge in [-0.3, -0.25) is 4.79 Å². The Kier molecular flexibility index (Phi) is 3.80. The Hall–Kier alpha value is -2.36. The summed E-state index contributed by atoms with van der Waals surface area (Å²) < 4.78 is 13.6. The molecule has 0 spiro atoms. The molecule has 0 unspecified atom stereocenters. The Balaban J connectivity index is 2.17. The molecule has 0 saturated heterocycles. The van der Waals surface area contributed by atoms with Gasteiger partial charge in [-0.15, -0.1) is 0 Å². The number of hydrogen-bond donors (Lipinski definition) is 1. The molecule has 98 valence electrons. The summed E-state index contributed by atoms with van der Waals surface area (Å²) in [5, 5.41) is 0. The summed E-state index contributed by atoms with van der Waals surface area (Å²) in [5.41, 5.74) is 7.37. The van der Waals surface area contributed by atoms with Crippen molar-refractivity contribution < 1.29 is 9.18 Å². The van der Waals surface area contributed by atoms with E-state index in [4.69, 9.17) is 5.73 Å². The second-order valence-electron chi connectivity index (χ2n) is 4.28. The first kappa shape index (κ1) is 13.1. The van der Waals surface area contributed by atoms with Gasteiger partial charge in [-0.1, -0.05) is 30.3 Å². The maximum Gasteiger partial charge on any atom is 0.231 e. The van der Waals surface area contributed by atoms with Crippen molar-refractivity contribution >= 4 is 17.3 Å². The lowest BCUT2D eigenvalue weighted by Crippen LogP contribution is -2.28. The van der Waals surface area contributed by atoms with Crippen molar-refractivity contribution in [2.45, 2.75) is 6.42 Å². The average Bonchev–Trinajstić information content (AvgIpc) is 2.41. The highest BCUT2D eigenvalue weighted by molar-refractivity contribution is 5.94. The number of carbonyl (C=O) groups is 1. The molecule has 0 atom stereocenters. The predicted molar refractivity (Wildman–Crippen MR) is 74.4 cm³/mol. The molecule has 0 radical (unpaired) electrons. The van der Waals surface area contributed by atoms with Crippen LogP contribution in [0.25, 0.3) is 0 Å². The van der Waals surface area contributed by atoms with Crippen LogP contribution in [-0.4, -0.2) is 13.0 Å². The summed E-state index contributed by atoms with van der Waals surface area (Å²) in [6, 6.07) is 13.4. The highest BCUT2D eigenvalue weighted by Crippen LogP contribution is 2.19. The molecule has 0 aliphatic carbocycles. The van der Waals surface area contributed by atoms with Gasteiger partial charge in [0.1, 0.15) is 5.82 Å². The van der Waals surface area contributed by atoms with Gasteiger partial charge in [-0.05, 0) is 23.8 Å². The van der Waals surface area contributed by atoms with Crippen LogP contribution in [0.2, 0.25) is 0 Å². The molecule has 0 saturated carbocycles. The van der Waals surface area contributed by atoms with Crippen molar-refractivity contribution in [1.82, 2.24) is 0 Å². The maximum atomic E-state index is 13.6. The number of amides is 1. The molecule has 0 bridgehead atoms. The molecule has 2 aromatic carbocycles. The van der Waals surface area contributed by atoms with E-state index in [2.05, 4.69) is 0 Å². The van der Waals surface area contributed by atoms with E-state index in [1.807, 2.05) is 12.1 Å². The molecule has 2 aromatic rings. The molecule has 2 rings (SSSR count). The number of nitrogens with two attached hydrogens (primary N) is 1. The van der Waals surface area contributed by atoms with Gasteiger partial charge < -0.3 is 10.6 Å². The van der Waals surface area contributed by atoms with E-state index in [-0.39, 0.29) is 18.0 Å². The molecular weight excluding hydrogens is 243 g/mol. The molecule has 0 heterocycles. The maximum absolute atomic E-state index is 13.6.